The summed E-state index contributed by atoms with van der Waals surface area (Å²) in [6.45, 7) is 4.97. The third-order valence-corrected chi connectivity index (χ3v) is 1.89. The lowest BCUT2D eigenvalue weighted by molar-refractivity contribution is -0.121. The van der Waals surface area contributed by atoms with Crippen LogP contribution in [0.5, 0.6) is 0 Å². The molecule has 0 aromatic heterocycles. The molecule has 0 heterocycles. The highest BCUT2D eigenvalue weighted by Gasteiger charge is 2.06. The van der Waals surface area contributed by atoms with Crippen LogP contribution in [0.4, 0.5) is 0 Å². The number of aliphatic hydroxyl groups excluding tert-OH is 1. The maximum Gasteiger partial charge on any atom is 0.220 e. The van der Waals surface area contributed by atoms with Gasteiger partial charge in [-0.05, 0) is 19.3 Å². The fourth-order valence-electron chi connectivity index (χ4n) is 1.06. The summed E-state index contributed by atoms with van der Waals surface area (Å²) in [4.78, 5) is 11.2. The highest BCUT2D eigenvalue weighted by Crippen LogP contribution is 1.97. The molecule has 0 rings (SSSR count). The number of amides is 1. The van der Waals surface area contributed by atoms with Crippen LogP contribution >= 0.6 is 0 Å². The molecule has 0 aliphatic heterocycles. The number of hydrogen-bond donors (Lipinski definition) is 2. The molecule has 0 fully saturated rings. The van der Waals surface area contributed by atoms with Gasteiger partial charge in [0.2, 0.25) is 5.91 Å². The van der Waals surface area contributed by atoms with Gasteiger partial charge in [0.25, 0.3) is 0 Å². The van der Waals surface area contributed by atoms with Crippen LogP contribution in [0.2, 0.25) is 0 Å². The summed E-state index contributed by atoms with van der Waals surface area (Å²) in [5.74, 6) is 0.323. The number of methoxy groups -OCH3 is 1. The average Bonchev–Trinajstić information content (AvgIpc) is 2.12. The van der Waals surface area contributed by atoms with Gasteiger partial charge in [0, 0.05) is 20.1 Å². The number of hydrogen-bond acceptors (Lipinski definition) is 3. The van der Waals surface area contributed by atoms with Gasteiger partial charge in [-0.3, -0.25) is 4.79 Å². The van der Waals surface area contributed by atoms with E-state index in [1.807, 2.05) is 6.92 Å². The molecule has 0 aliphatic carbocycles. The number of rotatable bonds is 7. The lowest BCUT2D eigenvalue weighted by Gasteiger charge is -2.11. The molecule has 14 heavy (non-hydrogen) atoms. The van der Waals surface area contributed by atoms with Gasteiger partial charge in [0.1, 0.15) is 0 Å². The van der Waals surface area contributed by atoms with E-state index in [0.717, 1.165) is 0 Å². The van der Waals surface area contributed by atoms with Crippen molar-refractivity contribution in [2.45, 2.75) is 32.8 Å². The van der Waals surface area contributed by atoms with Crippen LogP contribution in [0.3, 0.4) is 0 Å². The van der Waals surface area contributed by atoms with E-state index in [-0.39, 0.29) is 5.91 Å². The third kappa shape index (κ3) is 8.01. The standard InChI is InChI=1S/C10H21NO3/c1-8(7-14-3)6-11-10(13)5-4-9(2)12/h8-9,12H,4-7H2,1-3H3,(H,11,13). The van der Waals surface area contributed by atoms with Gasteiger partial charge >= 0.3 is 0 Å². The normalized spacial score (nSPS) is 14.9. The fourth-order valence-corrected chi connectivity index (χ4v) is 1.06. The zero-order valence-corrected chi connectivity index (χ0v) is 9.25. The molecule has 0 radical (unpaired) electrons. The SMILES string of the molecule is COCC(C)CNC(=O)CCC(C)O. The van der Waals surface area contributed by atoms with Crippen molar-refractivity contribution >= 4 is 5.91 Å². The molecular formula is C10H21NO3. The minimum Gasteiger partial charge on any atom is -0.393 e. The van der Waals surface area contributed by atoms with E-state index in [2.05, 4.69) is 5.32 Å². The van der Waals surface area contributed by atoms with Crippen molar-refractivity contribution in [2.24, 2.45) is 5.92 Å². The molecule has 0 saturated heterocycles. The zero-order chi connectivity index (χ0) is 11.0. The monoisotopic (exact) mass is 203 g/mol. The minimum absolute atomic E-state index is 0.00569. The van der Waals surface area contributed by atoms with Crippen molar-refractivity contribution in [3.05, 3.63) is 0 Å². The van der Waals surface area contributed by atoms with Gasteiger partial charge in [-0.1, -0.05) is 6.92 Å². The number of nitrogens with one attached hydrogen (secondary N) is 1. The number of carbonyl (C=O) groups is 1. The van der Waals surface area contributed by atoms with E-state index in [9.17, 15) is 4.79 Å². The van der Waals surface area contributed by atoms with Gasteiger partial charge < -0.3 is 15.2 Å². The van der Waals surface area contributed by atoms with Crippen molar-refractivity contribution in [3.63, 3.8) is 0 Å². The Labute approximate surface area is 85.6 Å². The van der Waals surface area contributed by atoms with Crippen molar-refractivity contribution in [2.75, 3.05) is 20.3 Å². The van der Waals surface area contributed by atoms with Crippen molar-refractivity contribution in [3.8, 4) is 0 Å². The second-order valence-corrected chi connectivity index (χ2v) is 3.75. The first-order valence-electron chi connectivity index (χ1n) is 5.00. The van der Waals surface area contributed by atoms with Crippen LogP contribution in [-0.2, 0) is 9.53 Å². The molecule has 2 unspecified atom stereocenters. The maximum absolute atomic E-state index is 11.2. The topological polar surface area (TPSA) is 58.6 Å². The molecule has 0 aromatic carbocycles. The first kappa shape index (κ1) is 13.4. The number of ether oxygens (including phenoxy) is 1. The molecule has 0 aromatic rings. The molecule has 1 amide bonds. The van der Waals surface area contributed by atoms with Crippen LogP contribution in [0, 0.1) is 5.92 Å². The van der Waals surface area contributed by atoms with Gasteiger partial charge in [0.15, 0.2) is 0 Å². The molecule has 0 bridgehead atoms. The second-order valence-electron chi connectivity index (χ2n) is 3.75. The van der Waals surface area contributed by atoms with E-state index >= 15 is 0 Å². The molecule has 0 saturated carbocycles. The third-order valence-electron chi connectivity index (χ3n) is 1.89. The summed E-state index contributed by atoms with van der Waals surface area (Å²) >= 11 is 0. The first-order valence-corrected chi connectivity index (χ1v) is 5.00. The molecule has 0 spiro atoms. The Morgan fingerprint density at radius 1 is 1.50 bits per heavy atom. The van der Waals surface area contributed by atoms with E-state index in [0.29, 0.717) is 31.9 Å². The van der Waals surface area contributed by atoms with E-state index in [1.165, 1.54) is 0 Å². The lowest BCUT2D eigenvalue weighted by Crippen LogP contribution is -2.30. The lowest BCUT2D eigenvalue weighted by atomic mass is 10.2. The Balaban J connectivity index is 3.43. The predicted octanol–water partition coefficient (Wildman–Crippen LogP) is 0.546. The van der Waals surface area contributed by atoms with Crippen LogP contribution in [0.25, 0.3) is 0 Å². The van der Waals surface area contributed by atoms with Gasteiger partial charge in [-0.2, -0.15) is 0 Å². The second kappa shape index (κ2) is 7.76. The molecule has 84 valence electrons. The van der Waals surface area contributed by atoms with Crippen LogP contribution in [-0.4, -0.2) is 37.4 Å². The van der Waals surface area contributed by atoms with Crippen LogP contribution in [0.15, 0.2) is 0 Å². The predicted molar refractivity (Wildman–Crippen MR) is 55.0 cm³/mol. The summed E-state index contributed by atoms with van der Waals surface area (Å²) in [7, 11) is 1.64. The maximum atomic E-state index is 11.2. The summed E-state index contributed by atoms with van der Waals surface area (Å²) in [6.07, 6.45) is 0.499. The van der Waals surface area contributed by atoms with Crippen molar-refractivity contribution in [1.29, 1.82) is 0 Å². The Kier molecular flexibility index (Phi) is 7.42. The van der Waals surface area contributed by atoms with Gasteiger partial charge in [-0.15, -0.1) is 0 Å². The fraction of sp³-hybridized carbons (Fsp3) is 0.900. The van der Waals surface area contributed by atoms with E-state index in [1.54, 1.807) is 14.0 Å². The van der Waals surface area contributed by atoms with Gasteiger partial charge in [-0.25, -0.2) is 0 Å². The van der Waals surface area contributed by atoms with E-state index < -0.39 is 6.10 Å². The van der Waals surface area contributed by atoms with E-state index in [4.69, 9.17) is 9.84 Å². The van der Waals surface area contributed by atoms with Crippen molar-refractivity contribution in [1.82, 2.24) is 5.32 Å². The number of carbonyl (C=O) groups excluding carboxylic acids is 1. The Bertz CT molecular complexity index is 159. The molecule has 0 aliphatic rings. The number of aliphatic hydroxyl groups is 1. The largest absolute Gasteiger partial charge is 0.393 e. The molecule has 2 N–H and O–H groups in total. The zero-order valence-electron chi connectivity index (χ0n) is 9.25. The van der Waals surface area contributed by atoms with Gasteiger partial charge in [0.05, 0.1) is 12.7 Å². The van der Waals surface area contributed by atoms with Crippen LogP contribution in [0.1, 0.15) is 26.7 Å². The minimum atomic E-state index is -0.405. The molecule has 4 heteroatoms. The quantitative estimate of drug-likeness (QED) is 0.635. The van der Waals surface area contributed by atoms with Crippen molar-refractivity contribution < 1.29 is 14.6 Å². The Morgan fingerprint density at radius 3 is 2.64 bits per heavy atom. The average molecular weight is 203 g/mol. The molecule has 2 atom stereocenters. The summed E-state index contributed by atoms with van der Waals surface area (Å²) in [5, 5.41) is 11.8. The first-order chi connectivity index (χ1) is 6.56. The summed E-state index contributed by atoms with van der Waals surface area (Å²) in [6, 6.07) is 0. The highest BCUT2D eigenvalue weighted by atomic mass is 16.5. The van der Waals surface area contributed by atoms with Crippen LogP contribution < -0.4 is 5.32 Å². The highest BCUT2D eigenvalue weighted by molar-refractivity contribution is 5.75. The summed E-state index contributed by atoms with van der Waals surface area (Å²) in [5.41, 5.74) is 0. The smallest absolute Gasteiger partial charge is 0.220 e. The molecule has 4 nitrogen and oxygen atoms in total. The summed E-state index contributed by atoms with van der Waals surface area (Å²) < 4.78 is 4.94. The Hall–Kier alpha value is -0.610. The molecular weight excluding hydrogens is 182 g/mol. The Morgan fingerprint density at radius 2 is 2.14 bits per heavy atom.